The maximum Gasteiger partial charge on any atom is 0.310 e. The number of carboxylic acid groups (broad SMARTS) is 1. The average molecular weight is 353 g/mol. The number of benzene rings is 2. The maximum atomic E-state index is 13.1. The van der Waals surface area contributed by atoms with Crippen molar-refractivity contribution in [1.29, 1.82) is 0 Å². The Balaban J connectivity index is 2.04. The topological polar surface area (TPSA) is 46.5 Å². The van der Waals surface area contributed by atoms with Crippen molar-refractivity contribution < 1.29 is 19.0 Å². The van der Waals surface area contributed by atoms with Crippen LogP contribution in [0.5, 0.6) is 5.75 Å². The zero-order valence-electron chi connectivity index (χ0n) is 11.3. The minimum Gasteiger partial charge on any atom is -0.488 e. The fraction of sp³-hybridized carbons (Fsp3) is 0.188. The summed E-state index contributed by atoms with van der Waals surface area (Å²) in [7, 11) is 0. The summed E-state index contributed by atoms with van der Waals surface area (Å²) < 4.78 is 19.4. The molecule has 0 amide bonds. The number of halogens is 2. The summed E-state index contributed by atoms with van der Waals surface area (Å²) >= 11 is 3.29. The van der Waals surface area contributed by atoms with E-state index in [2.05, 4.69) is 15.9 Å². The molecular formula is C16H14BrFO3. The summed E-state index contributed by atoms with van der Waals surface area (Å²) in [5, 5.41) is 8.95. The minimum atomic E-state index is -0.859. The number of carbonyl (C=O) groups is 1. The molecule has 2 aromatic rings. The molecule has 0 aliphatic rings. The molecule has 0 aromatic heterocycles. The molecule has 2 aromatic carbocycles. The largest absolute Gasteiger partial charge is 0.488 e. The third kappa shape index (κ3) is 4.04. The molecule has 0 radical (unpaired) electrons. The van der Waals surface area contributed by atoms with Gasteiger partial charge in [0, 0.05) is 6.07 Å². The molecule has 5 heteroatoms. The summed E-state index contributed by atoms with van der Waals surface area (Å²) in [6.07, 6.45) is 0. The molecule has 0 spiro atoms. The molecule has 21 heavy (non-hydrogen) atoms. The van der Waals surface area contributed by atoms with Crippen molar-refractivity contribution in [3.05, 3.63) is 63.9 Å². The van der Waals surface area contributed by atoms with Crippen LogP contribution in [0.2, 0.25) is 0 Å². The van der Waals surface area contributed by atoms with Gasteiger partial charge in [0.15, 0.2) is 0 Å². The van der Waals surface area contributed by atoms with E-state index in [0.29, 0.717) is 10.2 Å². The molecule has 0 saturated heterocycles. The van der Waals surface area contributed by atoms with Gasteiger partial charge in [-0.25, -0.2) is 4.39 Å². The van der Waals surface area contributed by atoms with E-state index in [9.17, 15) is 9.18 Å². The third-order valence-electron chi connectivity index (χ3n) is 3.14. The van der Waals surface area contributed by atoms with Gasteiger partial charge in [0.2, 0.25) is 0 Å². The van der Waals surface area contributed by atoms with E-state index in [1.165, 1.54) is 12.1 Å². The van der Waals surface area contributed by atoms with Gasteiger partial charge in [0.05, 0.1) is 10.4 Å². The lowest BCUT2D eigenvalue weighted by Gasteiger charge is -2.10. The van der Waals surface area contributed by atoms with Gasteiger partial charge in [-0.15, -0.1) is 0 Å². The second kappa shape index (κ2) is 6.72. The van der Waals surface area contributed by atoms with Gasteiger partial charge in [0.1, 0.15) is 18.2 Å². The standard InChI is InChI=1S/C16H14BrFO3/c1-10(16(19)20)12-4-2-11(3-5-12)9-21-15-8-13(18)6-7-14(15)17/h2-8,10H,9H2,1H3,(H,19,20). The Morgan fingerprint density at radius 1 is 1.29 bits per heavy atom. The van der Waals surface area contributed by atoms with Crippen LogP contribution < -0.4 is 4.74 Å². The Bertz CT molecular complexity index is 640. The predicted molar refractivity (Wildman–Crippen MR) is 80.9 cm³/mol. The lowest BCUT2D eigenvalue weighted by Crippen LogP contribution is -2.07. The van der Waals surface area contributed by atoms with Crippen LogP contribution in [0, 0.1) is 5.82 Å². The highest BCUT2D eigenvalue weighted by atomic mass is 79.9. The lowest BCUT2D eigenvalue weighted by molar-refractivity contribution is -0.138. The molecule has 0 bridgehead atoms. The summed E-state index contributed by atoms with van der Waals surface area (Å²) in [5.41, 5.74) is 1.62. The Labute approximate surface area is 130 Å². The van der Waals surface area contributed by atoms with Gasteiger partial charge in [-0.3, -0.25) is 4.79 Å². The first-order valence-electron chi connectivity index (χ1n) is 6.37. The SMILES string of the molecule is CC(C(=O)O)c1ccc(COc2cc(F)ccc2Br)cc1. The van der Waals surface area contributed by atoms with Crippen LogP contribution in [-0.4, -0.2) is 11.1 Å². The fourth-order valence-corrected chi connectivity index (χ4v) is 2.16. The van der Waals surface area contributed by atoms with Crippen LogP contribution in [0.3, 0.4) is 0 Å². The van der Waals surface area contributed by atoms with Crippen molar-refractivity contribution in [1.82, 2.24) is 0 Å². The Morgan fingerprint density at radius 2 is 1.95 bits per heavy atom. The summed E-state index contributed by atoms with van der Waals surface area (Å²) in [5.74, 6) is -1.34. The van der Waals surface area contributed by atoms with E-state index < -0.39 is 11.9 Å². The molecule has 3 nitrogen and oxygen atoms in total. The van der Waals surface area contributed by atoms with Gasteiger partial charge < -0.3 is 9.84 Å². The highest BCUT2D eigenvalue weighted by Gasteiger charge is 2.13. The van der Waals surface area contributed by atoms with Gasteiger partial charge >= 0.3 is 5.97 Å². The fourth-order valence-electron chi connectivity index (χ4n) is 1.79. The van der Waals surface area contributed by atoms with Crippen molar-refractivity contribution in [2.75, 3.05) is 0 Å². The van der Waals surface area contributed by atoms with Gasteiger partial charge in [-0.2, -0.15) is 0 Å². The smallest absolute Gasteiger partial charge is 0.310 e. The van der Waals surface area contributed by atoms with E-state index >= 15 is 0 Å². The van der Waals surface area contributed by atoms with Crippen molar-refractivity contribution in [2.45, 2.75) is 19.4 Å². The number of aliphatic carboxylic acids is 1. The predicted octanol–water partition coefficient (Wildman–Crippen LogP) is 4.36. The number of rotatable bonds is 5. The van der Waals surface area contributed by atoms with Gasteiger partial charge in [-0.1, -0.05) is 24.3 Å². The molecule has 110 valence electrons. The monoisotopic (exact) mass is 352 g/mol. The van der Waals surface area contributed by atoms with Crippen LogP contribution in [0.4, 0.5) is 4.39 Å². The first-order chi connectivity index (χ1) is 9.97. The second-order valence-corrected chi connectivity index (χ2v) is 5.52. The molecule has 0 aliphatic heterocycles. The van der Waals surface area contributed by atoms with Crippen molar-refractivity contribution in [3.63, 3.8) is 0 Å². The van der Waals surface area contributed by atoms with Gasteiger partial charge in [0.25, 0.3) is 0 Å². The zero-order chi connectivity index (χ0) is 15.4. The molecule has 0 fully saturated rings. The van der Waals surface area contributed by atoms with Crippen molar-refractivity contribution in [2.24, 2.45) is 0 Å². The Morgan fingerprint density at radius 3 is 2.57 bits per heavy atom. The lowest BCUT2D eigenvalue weighted by atomic mass is 10.0. The van der Waals surface area contributed by atoms with Crippen molar-refractivity contribution in [3.8, 4) is 5.75 Å². The average Bonchev–Trinajstić information content (AvgIpc) is 2.48. The molecule has 1 atom stereocenters. The van der Waals surface area contributed by atoms with Crippen LogP contribution >= 0.6 is 15.9 Å². The maximum absolute atomic E-state index is 13.1. The molecule has 2 rings (SSSR count). The number of ether oxygens (including phenoxy) is 1. The summed E-state index contributed by atoms with van der Waals surface area (Å²) in [6, 6.07) is 11.4. The van der Waals surface area contributed by atoms with Gasteiger partial charge in [-0.05, 0) is 46.1 Å². The molecule has 1 unspecified atom stereocenters. The Hall–Kier alpha value is -1.88. The summed E-state index contributed by atoms with van der Waals surface area (Å²) in [6.45, 7) is 1.92. The van der Waals surface area contributed by atoms with Crippen LogP contribution in [0.25, 0.3) is 0 Å². The van der Waals surface area contributed by atoms with E-state index in [1.54, 1.807) is 25.1 Å². The van der Waals surface area contributed by atoms with E-state index in [4.69, 9.17) is 9.84 Å². The highest BCUT2D eigenvalue weighted by Crippen LogP contribution is 2.26. The number of carboxylic acids is 1. The first-order valence-corrected chi connectivity index (χ1v) is 7.16. The zero-order valence-corrected chi connectivity index (χ0v) is 12.9. The normalized spacial score (nSPS) is 12.0. The van der Waals surface area contributed by atoms with Crippen molar-refractivity contribution >= 4 is 21.9 Å². The van der Waals surface area contributed by atoms with E-state index in [1.807, 2.05) is 12.1 Å². The van der Waals surface area contributed by atoms with E-state index in [-0.39, 0.29) is 12.4 Å². The first kappa shape index (κ1) is 15.5. The highest BCUT2D eigenvalue weighted by molar-refractivity contribution is 9.10. The minimum absolute atomic E-state index is 0.282. The number of hydrogen-bond acceptors (Lipinski definition) is 2. The summed E-state index contributed by atoms with van der Waals surface area (Å²) in [4.78, 5) is 10.9. The Kier molecular flexibility index (Phi) is 4.96. The second-order valence-electron chi connectivity index (χ2n) is 4.66. The quantitative estimate of drug-likeness (QED) is 0.869. The molecular weight excluding hydrogens is 339 g/mol. The molecule has 0 heterocycles. The third-order valence-corrected chi connectivity index (χ3v) is 3.79. The van der Waals surface area contributed by atoms with E-state index in [0.717, 1.165) is 11.1 Å². The van der Waals surface area contributed by atoms with Crippen LogP contribution in [0.15, 0.2) is 46.9 Å². The molecule has 0 aliphatic carbocycles. The molecule has 1 N–H and O–H groups in total. The van der Waals surface area contributed by atoms with Crippen LogP contribution in [-0.2, 0) is 11.4 Å². The molecule has 0 saturated carbocycles. The van der Waals surface area contributed by atoms with Crippen LogP contribution in [0.1, 0.15) is 24.0 Å². The number of hydrogen-bond donors (Lipinski definition) is 1.